The Kier molecular flexibility index (Phi) is 7.56. The Hall–Kier alpha value is -1.66. The van der Waals surface area contributed by atoms with Crippen molar-refractivity contribution >= 4 is 38.5 Å². The number of thiophene rings is 2. The lowest BCUT2D eigenvalue weighted by Gasteiger charge is -2.71. The van der Waals surface area contributed by atoms with Gasteiger partial charge in [0, 0.05) is 46.4 Å². The topological polar surface area (TPSA) is 104 Å². The highest BCUT2D eigenvalue weighted by Gasteiger charge is 2.74. The van der Waals surface area contributed by atoms with E-state index in [0.717, 1.165) is 53.9 Å². The number of hydrogen-bond acceptors (Lipinski definition) is 8. The Morgan fingerprint density at radius 1 is 1.04 bits per heavy atom. The third kappa shape index (κ3) is 4.47. The molecule has 7 nitrogen and oxygen atoms in total. The minimum atomic E-state index is -3.85. The lowest BCUT2D eigenvalue weighted by molar-refractivity contribution is -0.174. The molecule has 1 aliphatic heterocycles. The van der Waals surface area contributed by atoms with Gasteiger partial charge in [0.05, 0.1) is 22.7 Å². The predicted molar refractivity (Wildman–Crippen MR) is 184 cm³/mol. The van der Waals surface area contributed by atoms with Gasteiger partial charge in [0.1, 0.15) is 4.21 Å². The number of aliphatic hydroxyl groups excluding tert-OH is 1. The number of fused-ring (bicyclic) bond motifs is 1. The fourth-order valence-corrected chi connectivity index (χ4v) is 14.9. The fourth-order valence-electron chi connectivity index (χ4n) is 11.4. The number of sulfonamides is 1. The highest BCUT2D eigenvalue weighted by molar-refractivity contribution is 7.91. The van der Waals surface area contributed by atoms with Crippen LogP contribution in [0.15, 0.2) is 57.7 Å². The van der Waals surface area contributed by atoms with Crippen LogP contribution in [-0.4, -0.2) is 66.2 Å². The second kappa shape index (κ2) is 10.9. The van der Waals surface area contributed by atoms with E-state index >= 15 is 0 Å². The monoisotopic (exact) mass is 697 g/mol. The van der Waals surface area contributed by atoms with Gasteiger partial charge in [-0.15, -0.1) is 22.7 Å². The molecule has 1 saturated heterocycles. The van der Waals surface area contributed by atoms with E-state index in [1.165, 1.54) is 27.0 Å². The molecule has 10 heteroatoms. The first kappa shape index (κ1) is 32.5. The molecule has 0 amide bonds. The van der Waals surface area contributed by atoms with Crippen molar-refractivity contribution in [2.75, 3.05) is 19.7 Å². The maximum atomic E-state index is 14.7. The first-order chi connectivity index (χ1) is 22.3. The number of carbonyl (C=O) groups excluding carboxylic acids is 1. The summed E-state index contributed by atoms with van der Waals surface area (Å²) in [5, 5.41) is 25.7. The summed E-state index contributed by atoms with van der Waals surface area (Å²) in [6.07, 6.45) is 13.0. The zero-order valence-corrected chi connectivity index (χ0v) is 30.1. The lowest BCUT2D eigenvalue weighted by Crippen LogP contribution is -2.67. The SMILES string of the molecule is Cc1ccc(C(=O)C2=C[C@@]34C=C[C@@]25[C@@H]2CC[C@@](O)(CN(C[C@H]6CCCO6)S(=O)(=O)c6cccs6)[C@@]2(C)CC[C@@H]5[C@@]3(C)CCC(O)C4)s1. The summed E-state index contributed by atoms with van der Waals surface area (Å²) >= 11 is 2.74. The van der Waals surface area contributed by atoms with Crippen LogP contribution in [0.25, 0.3) is 0 Å². The van der Waals surface area contributed by atoms with E-state index in [1.807, 2.05) is 19.1 Å². The fraction of sp³-hybridized carbons (Fsp3) is 0.649. The molecule has 3 heterocycles. The molecular weight excluding hydrogens is 651 g/mol. The average Bonchev–Trinajstić information content (AvgIpc) is 3.85. The summed E-state index contributed by atoms with van der Waals surface area (Å²) in [5.41, 5.74) is -2.15. The summed E-state index contributed by atoms with van der Waals surface area (Å²) in [6, 6.07) is 7.35. The zero-order valence-electron chi connectivity index (χ0n) is 27.6. The van der Waals surface area contributed by atoms with Crippen LogP contribution in [0.4, 0.5) is 0 Å². The number of allylic oxidation sites excluding steroid dienone is 4. The molecular formula is C37H47NO6S3. The smallest absolute Gasteiger partial charge is 0.252 e. The van der Waals surface area contributed by atoms with Gasteiger partial charge in [-0.2, -0.15) is 4.31 Å². The molecule has 6 aliphatic carbocycles. The highest BCUT2D eigenvalue weighted by Crippen LogP contribution is 2.78. The van der Waals surface area contributed by atoms with Crippen molar-refractivity contribution in [2.45, 2.75) is 101 Å². The quantitative estimate of drug-likeness (QED) is 0.234. The van der Waals surface area contributed by atoms with Crippen molar-refractivity contribution in [3.8, 4) is 0 Å². The number of aliphatic hydroxyl groups is 2. The minimum Gasteiger partial charge on any atom is -0.393 e. The van der Waals surface area contributed by atoms with E-state index in [1.54, 1.807) is 17.5 Å². The molecule has 9 rings (SSSR count). The van der Waals surface area contributed by atoms with E-state index in [9.17, 15) is 23.4 Å². The van der Waals surface area contributed by atoms with Gasteiger partial charge in [-0.05, 0) is 106 Å². The van der Waals surface area contributed by atoms with E-state index in [4.69, 9.17) is 4.74 Å². The van der Waals surface area contributed by atoms with Gasteiger partial charge in [-0.1, -0.05) is 38.1 Å². The molecule has 2 N–H and O–H groups in total. The maximum Gasteiger partial charge on any atom is 0.252 e. The molecule has 47 heavy (non-hydrogen) atoms. The summed E-state index contributed by atoms with van der Waals surface area (Å²) in [6.45, 7) is 7.44. The zero-order chi connectivity index (χ0) is 33.0. The van der Waals surface area contributed by atoms with Crippen LogP contribution in [0, 0.1) is 40.4 Å². The Balaban J connectivity index is 1.22. The molecule has 4 fully saturated rings. The third-order valence-corrected chi connectivity index (χ3v) is 18.1. The van der Waals surface area contributed by atoms with Gasteiger partial charge < -0.3 is 14.9 Å². The molecule has 9 atom stereocenters. The number of hydrogen-bond donors (Lipinski definition) is 2. The largest absolute Gasteiger partial charge is 0.393 e. The van der Waals surface area contributed by atoms with Crippen LogP contribution in [0.2, 0.25) is 0 Å². The number of aryl methyl sites for hydroxylation is 1. The molecule has 1 unspecified atom stereocenters. The van der Waals surface area contributed by atoms with Crippen molar-refractivity contribution in [3.63, 3.8) is 0 Å². The Bertz CT molecular complexity index is 1740. The number of carbonyl (C=O) groups is 1. The normalized spacial score (nSPS) is 42.3. The predicted octanol–water partition coefficient (Wildman–Crippen LogP) is 6.76. The summed E-state index contributed by atoms with van der Waals surface area (Å²) in [4.78, 5) is 16.5. The van der Waals surface area contributed by atoms with Gasteiger partial charge in [0.2, 0.25) is 0 Å². The van der Waals surface area contributed by atoms with Crippen molar-refractivity contribution in [1.29, 1.82) is 0 Å². The molecule has 2 spiro atoms. The third-order valence-electron chi connectivity index (χ3n) is 13.9. The van der Waals surface area contributed by atoms with Crippen molar-refractivity contribution in [3.05, 3.63) is 63.2 Å². The van der Waals surface area contributed by atoms with Crippen LogP contribution < -0.4 is 0 Å². The second-order valence-corrected chi connectivity index (χ2v) is 20.3. The Morgan fingerprint density at radius 2 is 1.81 bits per heavy atom. The first-order valence-electron chi connectivity index (χ1n) is 17.4. The van der Waals surface area contributed by atoms with E-state index in [-0.39, 0.29) is 51.9 Å². The van der Waals surface area contributed by atoms with E-state index in [0.29, 0.717) is 25.9 Å². The number of Topliss-reactive ketones (excluding diaryl/α,β-unsaturated/α-hetero) is 1. The Labute approximate surface area is 286 Å². The number of nitrogens with zero attached hydrogens (tertiary/aromatic N) is 1. The van der Waals surface area contributed by atoms with Gasteiger partial charge >= 0.3 is 0 Å². The molecule has 254 valence electrons. The molecule has 7 aliphatic rings. The van der Waals surface area contributed by atoms with E-state index in [2.05, 4.69) is 32.1 Å². The Morgan fingerprint density at radius 3 is 2.51 bits per heavy atom. The van der Waals surface area contributed by atoms with Crippen molar-refractivity contribution < 1.29 is 28.2 Å². The van der Waals surface area contributed by atoms with Crippen LogP contribution >= 0.6 is 22.7 Å². The number of rotatable bonds is 8. The molecule has 2 bridgehead atoms. The van der Waals surface area contributed by atoms with Gasteiger partial charge in [-0.3, -0.25) is 4.79 Å². The summed E-state index contributed by atoms with van der Waals surface area (Å²) in [5.74, 6) is 0.219. The standard InChI is InChI=1S/C37H47NO6S3/c1-24-8-9-28(46-24)32(40)27-21-35-16-17-37(27)29(33(35,2)13-10-25(39)20-35)11-14-34(3)30(37)12-15-36(34,41)23-38(22-26-6-4-18-44-26)47(42,43)31-7-5-19-45-31/h5,7-9,16-17,19,21,25-26,29-30,39,41H,4,6,10-15,18,20,22-23H2,1-3H3/t25?,26-,29-,30-,33-,34+,35+,36-,37-/m1/s1. The molecule has 2 aromatic heterocycles. The number of ether oxygens (including phenoxy) is 1. The lowest BCUT2D eigenvalue weighted by atomic mass is 9.32. The van der Waals surface area contributed by atoms with Gasteiger partial charge in [0.25, 0.3) is 10.0 Å². The van der Waals surface area contributed by atoms with Crippen LogP contribution in [0.1, 0.15) is 86.2 Å². The van der Waals surface area contributed by atoms with Crippen LogP contribution in [0.3, 0.4) is 0 Å². The highest BCUT2D eigenvalue weighted by atomic mass is 32.2. The maximum absolute atomic E-state index is 14.7. The second-order valence-electron chi connectivity index (χ2n) is 15.9. The average molecular weight is 698 g/mol. The molecule has 0 aromatic carbocycles. The summed E-state index contributed by atoms with van der Waals surface area (Å²) < 4.78 is 36.0. The van der Waals surface area contributed by atoms with Gasteiger partial charge in [0.15, 0.2) is 5.78 Å². The van der Waals surface area contributed by atoms with Gasteiger partial charge in [-0.25, -0.2) is 8.42 Å². The van der Waals surface area contributed by atoms with E-state index < -0.39 is 32.6 Å². The van der Waals surface area contributed by atoms with Crippen LogP contribution in [-0.2, 0) is 14.8 Å². The first-order valence-corrected chi connectivity index (χ1v) is 20.5. The minimum absolute atomic E-state index is 0.00899. The molecule has 3 saturated carbocycles. The summed E-state index contributed by atoms with van der Waals surface area (Å²) in [7, 11) is -3.85. The molecule has 0 radical (unpaired) electrons. The molecule has 2 aromatic rings. The van der Waals surface area contributed by atoms with Crippen LogP contribution in [0.5, 0.6) is 0 Å². The van der Waals surface area contributed by atoms with Crippen molar-refractivity contribution in [1.82, 2.24) is 4.31 Å². The number of ketones is 1. The van der Waals surface area contributed by atoms with Crippen molar-refractivity contribution in [2.24, 2.45) is 33.5 Å².